The van der Waals surface area contributed by atoms with E-state index in [9.17, 15) is 0 Å². The van der Waals surface area contributed by atoms with E-state index in [1.54, 1.807) is 18.2 Å². The van der Waals surface area contributed by atoms with Gasteiger partial charge in [0.05, 0.1) is 10.5 Å². The fourth-order valence-electron chi connectivity index (χ4n) is 2.47. The molecule has 0 fully saturated rings. The molecule has 4 rings (SSSR count). The van der Waals surface area contributed by atoms with E-state index in [1.807, 2.05) is 36.1 Å². The highest BCUT2D eigenvalue weighted by atomic mass is 127. The van der Waals surface area contributed by atoms with Crippen molar-refractivity contribution in [2.75, 3.05) is 10.2 Å². The lowest BCUT2D eigenvalue weighted by Crippen LogP contribution is -2.00. The summed E-state index contributed by atoms with van der Waals surface area (Å²) in [6, 6.07) is 12.9. The van der Waals surface area contributed by atoms with Crippen molar-refractivity contribution in [3.8, 4) is 11.4 Å². The Bertz CT molecular complexity index is 1080. The van der Waals surface area contributed by atoms with Crippen LogP contribution in [0.3, 0.4) is 0 Å². The van der Waals surface area contributed by atoms with Crippen molar-refractivity contribution >= 4 is 68.5 Å². The lowest BCUT2D eigenvalue weighted by molar-refractivity contribution is 1.04. The molecule has 2 N–H and O–H groups in total. The summed E-state index contributed by atoms with van der Waals surface area (Å²) in [7, 11) is 0. The molecule has 0 atom stereocenters. The predicted octanol–water partition coefficient (Wildman–Crippen LogP) is 5.82. The molecule has 0 saturated heterocycles. The number of anilines is 2. The van der Waals surface area contributed by atoms with Crippen LogP contribution < -0.4 is 5.32 Å². The summed E-state index contributed by atoms with van der Waals surface area (Å²) >= 11 is 14.4. The highest BCUT2D eigenvalue weighted by Crippen LogP contribution is 2.31. The van der Waals surface area contributed by atoms with Crippen LogP contribution in [-0.4, -0.2) is 30.1 Å². The zero-order valence-corrected chi connectivity index (χ0v) is 18.1. The molecule has 2 heterocycles. The monoisotopic (exact) mass is 512 g/mol. The molecular weight excluding hydrogens is 498 g/mol. The number of aryl methyl sites for hydroxylation is 1. The van der Waals surface area contributed by atoms with Crippen molar-refractivity contribution in [2.45, 2.75) is 6.92 Å². The number of nitrogens with zero attached hydrogens (tertiary/aromatic N) is 4. The maximum atomic E-state index is 6.32. The van der Waals surface area contributed by atoms with Gasteiger partial charge in [-0.1, -0.05) is 57.9 Å². The van der Waals surface area contributed by atoms with Crippen LogP contribution in [0, 0.1) is 6.92 Å². The summed E-state index contributed by atoms with van der Waals surface area (Å²) in [6.07, 6.45) is 0. The molecule has 138 valence electrons. The standard InChI is InChI=1S/C17H12Cl2N6.CH3I/c1-9-20-17(25-24-9)23-16-12-4-2-3-5-14(12)21-15(22-16)11-7-6-10(18)8-13(11)19;1-2/h2-8H,1H3,(H2,20,21,22,23,24,25);1H3. The Labute approximate surface area is 179 Å². The van der Waals surface area contributed by atoms with E-state index in [4.69, 9.17) is 23.2 Å². The Morgan fingerprint density at radius 3 is 2.48 bits per heavy atom. The number of para-hydroxylation sites is 1. The summed E-state index contributed by atoms with van der Waals surface area (Å²) in [5.41, 5.74) is 1.49. The second kappa shape index (κ2) is 8.81. The van der Waals surface area contributed by atoms with E-state index in [0.29, 0.717) is 39.0 Å². The summed E-state index contributed by atoms with van der Waals surface area (Å²) < 4.78 is 0. The first-order valence-electron chi connectivity index (χ1n) is 7.86. The molecule has 0 amide bonds. The zero-order valence-electron chi connectivity index (χ0n) is 14.5. The van der Waals surface area contributed by atoms with Crippen LogP contribution in [0.15, 0.2) is 42.5 Å². The Hall–Kier alpha value is -1.97. The molecule has 0 aliphatic heterocycles. The third-order valence-electron chi connectivity index (χ3n) is 3.60. The lowest BCUT2D eigenvalue weighted by Gasteiger charge is -2.10. The molecule has 6 nitrogen and oxygen atoms in total. The van der Waals surface area contributed by atoms with Gasteiger partial charge in [-0.05, 0) is 42.2 Å². The van der Waals surface area contributed by atoms with Gasteiger partial charge in [0.15, 0.2) is 5.82 Å². The largest absolute Gasteiger partial charge is 0.307 e. The lowest BCUT2D eigenvalue weighted by atomic mass is 10.2. The number of aromatic nitrogens is 5. The number of alkyl halides is 1. The van der Waals surface area contributed by atoms with Gasteiger partial charge in [-0.3, -0.25) is 5.10 Å². The third-order valence-corrected chi connectivity index (χ3v) is 4.15. The molecule has 0 bridgehead atoms. The second-order valence-electron chi connectivity index (χ2n) is 5.41. The fraction of sp³-hybridized carbons (Fsp3) is 0.111. The molecule has 0 radical (unpaired) electrons. The van der Waals surface area contributed by atoms with E-state index in [1.165, 1.54) is 0 Å². The topological polar surface area (TPSA) is 79.4 Å². The minimum absolute atomic E-state index is 0.439. The smallest absolute Gasteiger partial charge is 0.247 e. The van der Waals surface area contributed by atoms with Gasteiger partial charge in [-0.25, -0.2) is 9.97 Å². The van der Waals surface area contributed by atoms with Crippen molar-refractivity contribution in [2.24, 2.45) is 0 Å². The summed E-state index contributed by atoms with van der Waals surface area (Å²) in [4.78, 5) is 15.5. The highest BCUT2D eigenvalue weighted by Gasteiger charge is 2.13. The Kier molecular flexibility index (Phi) is 6.46. The zero-order chi connectivity index (χ0) is 19.4. The molecule has 4 aromatic rings. The predicted molar refractivity (Wildman–Crippen MR) is 119 cm³/mol. The normalized spacial score (nSPS) is 10.4. The second-order valence-corrected chi connectivity index (χ2v) is 6.25. The number of H-pyrrole nitrogens is 1. The molecule has 2 aromatic carbocycles. The van der Waals surface area contributed by atoms with Gasteiger partial charge in [-0.2, -0.15) is 4.98 Å². The van der Waals surface area contributed by atoms with Crippen LogP contribution in [0.2, 0.25) is 10.0 Å². The van der Waals surface area contributed by atoms with Crippen molar-refractivity contribution in [1.82, 2.24) is 25.1 Å². The van der Waals surface area contributed by atoms with Gasteiger partial charge in [0.1, 0.15) is 11.6 Å². The molecule has 27 heavy (non-hydrogen) atoms. The molecule has 0 spiro atoms. The third kappa shape index (κ3) is 4.48. The quantitative estimate of drug-likeness (QED) is 0.267. The molecule has 0 saturated carbocycles. The van der Waals surface area contributed by atoms with Crippen LogP contribution in [0.1, 0.15) is 5.82 Å². The van der Waals surface area contributed by atoms with Crippen molar-refractivity contribution in [3.63, 3.8) is 0 Å². The Morgan fingerprint density at radius 2 is 1.78 bits per heavy atom. The average Bonchev–Trinajstić information content (AvgIpc) is 3.08. The molecule has 0 aliphatic rings. The SMILES string of the molecule is CI.Cc1nc(Nc2nc(-c3ccc(Cl)cc3Cl)nc3ccccc23)n[nH]1. The first-order valence-corrected chi connectivity index (χ1v) is 10.8. The van der Waals surface area contributed by atoms with Crippen molar-refractivity contribution in [1.29, 1.82) is 0 Å². The first kappa shape index (κ1) is 19.8. The number of benzene rings is 2. The van der Waals surface area contributed by atoms with E-state index in [-0.39, 0.29) is 0 Å². The van der Waals surface area contributed by atoms with Crippen molar-refractivity contribution < 1.29 is 0 Å². The number of rotatable bonds is 3. The van der Waals surface area contributed by atoms with Crippen LogP contribution >= 0.6 is 45.8 Å². The Morgan fingerprint density at radius 1 is 1.00 bits per heavy atom. The van der Waals surface area contributed by atoms with Crippen molar-refractivity contribution in [3.05, 3.63) is 58.3 Å². The summed E-state index contributed by atoms with van der Waals surface area (Å²) in [5.74, 6) is 2.25. The number of hydrogen-bond acceptors (Lipinski definition) is 5. The maximum absolute atomic E-state index is 6.32. The number of hydrogen-bond donors (Lipinski definition) is 2. The maximum Gasteiger partial charge on any atom is 0.247 e. The van der Waals surface area contributed by atoms with Gasteiger partial charge < -0.3 is 5.32 Å². The number of fused-ring (bicyclic) bond motifs is 1. The summed E-state index contributed by atoms with van der Waals surface area (Å²) in [6.45, 7) is 1.83. The molecule has 0 unspecified atom stereocenters. The Balaban J connectivity index is 0.00000102. The molecule has 9 heteroatoms. The van der Waals surface area contributed by atoms with Gasteiger partial charge in [-0.15, -0.1) is 5.10 Å². The van der Waals surface area contributed by atoms with E-state index in [2.05, 4.69) is 53.1 Å². The molecule has 0 aliphatic carbocycles. The molecular formula is C18H15Cl2IN6. The van der Waals surface area contributed by atoms with Gasteiger partial charge in [0, 0.05) is 16.0 Å². The van der Waals surface area contributed by atoms with Gasteiger partial charge in [0.25, 0.3) is 0 Å². The van der Waals surface area contributed by atoms with Gasteiger partial charge in [0.2, 0.25) is 5.95 Å². The summed E-state index contributed by atoms with van der Waals surface area (Å²) in [5, 5.41) is 11.9. The first-order chi connectivity index (χ1) is 13.1. The van der Waals surface area contributed by atoms with Crippen LogP contribution in [-0.2, 0) is 0 Å². The minimum Gasteiger partial charge on any atom is -0.307 e. The fourth-order valence-corrected chi connectivity index (χ4v) is 2.96. The van der Waals surface area contributed by atoms with Gasteiger partial charge >= 0.3 is 0 Å². The number of aromatic amines is 1. The van der Waals surface area contributed by atoms with Crippen LogP contribution in [0.25, 0.3) is 22.3 Å². The highest BCUT2D eigenvalue weighted by molar-refractivity contribution is 14.1. The number of nitrogens with one attached hydrogen (secondary N) is 2. The van der Waals surface area contributed by atoms with Crippen LogP contribution in [0.5, 0.6) is 0 Å². The molecule has 2 aromatic heterocycles. The number of halogens is 3. The van der Waals surface area contributed by atoms with E-state index >= 15 is 0 Å². The van der Waals surface area contributed by atoms with Crippen LogP contribution in [0.4, 0.5) is 11.8 Å². The van der Waals surface area contributed by atoms with E-state index < -0.39 is 0 Å². The average molecular weight is 513 g/mol. The van der Waals surface area contributed by atoms with E-state index in [0.717, 1.165) is 10.9 Å². The minimum atomic E-state index is 0.439.